The van der Waals surface area contributed by atoms with E-state index in [-0.39, 0.29) is 25.3 Å². The van der Waals surface area contributed by atoms with Crippen molar-refractivity contribution in [3.63, 3.8) is 0 Å². The first-order valence-electron chi connectivity index (χ1n) is 20.7. The lowest BCUT2D eigenvalue weighted by atomic mass is 9.49. The smallest absolute Gasteiger partial charge is 0.342 e. The molecule has 15 heteroatoms. The Hall–Kier alpha value is -2.40. The number of aliphatic hydroxyl groups is 5. The highest BCUT2D eigenvalue weighted by Gasteiger charge is 2.88. The fourth-order valence-electron chi connectivity index (χ4n) is 13.1. The Labute approximate surface area is 328 Å². The number of carbonyl (C=O) groups is 4. The number of rotatable bonds is 8. The van der Waals surface area contributed by atoms with Gasteiger partial charge in [0, 0.05) is 50.2 Å². The quantitative estimate of drug-likeness (QED) is 0.174. The number of carbonyl (C=O) groups excluding carboxylic acids is 4. The molecule has 3 saturated heterocycles. The molecule has 3 aliphatic heterocycles. The molecule has 0 aromatic carbocycles. The maximum Gasteiger partial charge on any atom is 0.342 e. The maximum absolute atomic E-state index is 13.7. The fraction of sp³-hybridized carbons (Fsp3) is 0.902. The number of esters is 4. The molecule has 0 aromatic rings. The van der Waals surface area contributed by atoms with Gasteiger partial charge in [0.1, 0.15) is 17.8 Å². The molecule has 1 spiro atoms. The van der Waals surface area contributed by atoms with E-state index in [9.17, 15) is 44.7 Å². The molecular weight excluding hydrogens is 730 g/mol. The molecule has 3 heterocycles. The highest BCUT2D eigenvalue weighted by atomic mass is 16.7. The number of aliphatic hydroxyl groups excluding tert-OH is 1. The molecule has 56 heavy (non-hydrogen) atoms. The molecular formula is C41H63NO14. The van der Waals surface area contributed by atoms with Gasteiger partial charge < -0.3 is 49.2 Å². The van der Waals surface area contributed by atoms with Crippen molar-refractivity contribution < 1.29 is 68.4 Å². The molecule has 19 atom stereocenters. The second-order valence-electron chi connectivity index (χ2n) is 19.3. The number of hydrogen-bond acceptors (Lipinski definition) is 15. The summed E-state index contributed by atoms with van der Waals surface area (Å²) < 4.78 is 30.3. The van der Waals surface area contributed by atoms with Crippen LogP contribution < -0.4 is 0 Å². The summed E-state index contributed by atoms with van der Waals surface area (Å²) in [5, 5.41) is 62.8. The first-order valence-corrected chi connectivity index (χ1v) is 20.7. The average Bonchev–Trinajstić information content (AvgIpc) is 3.37. The van der Waals surface area contributed by atoms with Gasteiger partial charge in [0.05, 0.1) is 29.1 Å². The molecule has 4 bridgehead atoms. The molecule has 0 aromatic heterocycles. The lowest BCUT2D eigenvalue weighted by molar-refractivity contribution is -0.301. The highest BCUT2D eigenvalue weighted by Crippen LogP contribution is 2.77. The van der Waals surface area contributed by atoms with Crippen LogP contribution in [0.25, 0.3) is 0 Å². The third-order valence-electron chi connectivity index (χ3n) is 16.1. The van der Waals surface area contributed by atoms with Gasteiger partial charge in [-0.1, -0.05) is 27.7 Å². The number of fused-ring (bicyclic) bond motifs is 5. The van der Waals surface area contributed by atoms with E-state index < -0.39 is 124 Å². The summed E-state index contributed by atoms with van der Waals surface area (Å²) in [5.41, 5.74) is -8.17. The van der Waals surface area contributed by atoms with Crippen LogP contribution in [0, 0.1) is 46.8 Å². The van der Waals surface area contributed by atoms with E-state index in [0.717, 1.165) is 20.3 Å². The van der Waals surface area contributed by atoms with E-state index in [4.69, 9.17) is 23.7 Å². The topological polar surface area (TPSA) is 219 Å². The molecule has 0 unspecified atom stereocenters. The Kier molecular flexibility index (Phi) is 10.1. The van der Waals surface area contributed by atoms with Gasteiger partial charge in [-0.15, -0.1) is 0 Å². The Morgan fingerprint density at radius 3 is 2.29 bits per heavy atom. The number of piperidine rings is 2. The van der Waals surface area contributed by atoms with Crippen LogP contribution in [0.15, 0.2) is 0 Å². The van der Waals surface area contributed by atoms with Crippen LogP contribution in [0.1, 0.15) is 107 Å². The van der Waals surface area contributed by atoms with E-state index in [1.54, 1.807) is 13.8 Å². The molecule has 316 valence electrons. The van der Waals surface area contributed by atoms with Crippen LogP contribution in [0.2, 0.25) is 0 Å². The Morgan fingerprint density at radius 1 is 0.982 bits per heavy atom. The van der Waals surface area contributed by atoms with Crippen molar-refractivity contribution in [3.8, 4) is 0 Å². The summed E-state index contributed by atoms with van der Waals surface area (Å²) in [7, 11) is 0. The zero-order valence-electron chi connectivity index (χ0n) is 34.2. The average molecular weight is 794 g/mol. The monoisotopic (exact) mass is 793 g/mol. The Morgan fingerprint density at radius 2 is 1.66 bits per heavy atom. The predicted molar refractivity (Wildman–Crippen MR) is 195 cm³/mol. The molecule has 15 nitrogen and oxygen atoms in total. The van der Waals surface area contributed by atoms with Crippen molar-refractivity contribution in [3.05, 3.63) is 0 Å². The molecule has 0 radical (unpaired) electrons. The van der Waals surface area contributed by atoms with Crippen molar-refractivity contribution in [2.45, 2.75) is 172 Å². The minimum Gasteiger partial charge on any atom is -0.462 e. The Bertz CT molecular complexity index is 1620. The van der Waals surface area contributed by atoms with Crippen LogP contribution in [0.4, 0.5) is 0 Å². The number of nitrogens with zero attached hydrogens (tertiary/aromatic N) is 1. The van der Waals surface area contributed by atoms with E-state index >= 15 is 0 Å². The summed E-state index contributed by atoms with van der Waals surface area (Å²) in [5.74, 6) is -9.57. The molecule has 4 saturated carbocycles. The van der Waals surface area contributed by atoms with Gasteiger partial charge >= 0.3 is 23.9 Å². The normalized spacial score (nSPS) is 49.8. The third-order valence-corrected chi connectivity index (χ3v) is 16.1. The molecule has 0 amide bonds. The van der Waals surface area contributed by atoms with Gasteiger partial charge in [-0.2, -0.15) is 0 Å². The minimum absolute atomic E-state index is 0.0258. The first-order chi connectivity index (χ1) is 25.9. The van der Waals surface area contributed by atoms with Crippen LogP contribution in [-0.2, 0) is 42.9 Å². The SMILES string of the molecule is CC[C@H](C)C(=O)O[C@H]1[C@H](O)[C@H]2[C@H](CN3C[C@@H](C)CC[C@H]3[C@@]2(C)O)[C@@H]2C[C@@]34O[C@@]5(O)[C@@H](C[C@@H](OC(C)=O)[C@@H]3[C@@]21O)[C@@]4(C)CC[C@H]5OC(=O)[C@@](C)(O)[C@H](C)OC(C)=O. The largest absolute Gasteiger partial charge is 0.462 e. The lowest BCUT2D eigenvalue weighted by Gasteiger charge is -2.64. The van der Waals surface area contributed by atoms with Crippen LogP contribution in [-0.4, -0.2) is 132 Å². The second-order valence-corrected chi connectivity index (χ2v) is 19.3. The van der Waals surface area contributed by atoms with E-state index in [1.807, 2.05) is 13.8 Å². The fourth-order valence-corrected chi connectivity index (χ4v) is 13.1. The van der Waals surface area contributed by atoms with Gasteiger partial charge in [0.2, 0.25) is 5.79 Å². The van der Waals surface area contributed by atoms with Crippen molar-refractivity contribution >= 4 is 23.9 Å². The number of hydrogen-bond donors (Lipinski definition) is 5. The molecule has 5 N–H and O–H groups in total. The van der Waals surface area contributed by atoms with Crippen LogP contribution >= 0.6 is 0 Å². The van der Waals surface area contributed by atoms with Crippen LogP contribution in [0.5, 0.6) is 0 Å². The summed E-state index contributed by atoms with van der Waals surface area (Å²) in [4.78, 5) is 54.2. The van der Waals surface area contributed by atoms with Crippen LogP contribution in [0.3, 0.4) is 0 Å². The minimum atomic E-state index is -2.28. The predicted octanol–water partition coefficient (Wildman–Crippen LogP) is 1.61. The molecule has 7 fully saturated rings. The summed E-state index contributed by atoms with van der Waals surface area (Å²) in [6.07, 6.45) is -4.21. The van der Waals surface area contributed by atoms with Gasteiger partial charge in [0.15, 0.2) is 17.8 Å². The van der Waals surface area contributed by atoms with E-state index in [2.05, 4.69) is 11.8 Å². The van der Waals surface area contributed by atoms with Gasteiger partial charge in [-0.25, -0.2) is 4.79 Å². The second kappa shape index (κ2) is 13.6. The first kappa shape index (κ1) is 41.7. The summed E-state index contributed by atoms with van der Waals surface area (Å²) >= 11 is 0. The number of ether oxygens (including phenoxy) is 5. The van der Waals surface area contributed by atoms with E-state index in [0.29, 0.717) is 38.3 Å². The molecule has 7 aliphatic rings. The molecule has 7 rings (SSSR count). The summed E-state index contributed by atoms with van der Waals surface area (Å²) in [6.45, 7) is 15.4. The zero-order chi connectivity index (χ0) is 41.3. The third kappa shape index (κ3) is 5.67. The lowest BCUT2D eigenvalue weighted by Crippen LogP contribution is -2.77. The van der Waals surface area contributed by atoms with Crippen molar-refractivity contribution in [1.29, 1.82) is 0 Å². The highest BCUT2D eigenvalue weighted by molar-refractivity contribution is 5.80. The molecule has 4 aliphatic carbocycles. The maximum atomic E-state index is 13.7. The van der Waals surface area contributed by atoms with Crippen molar-refractivity contribution in [2.24, 2.45) is 46.8 Å². The van der Waals surface area contributed by atoms with Gasteiger partial charge in [0.25, 0.3) is 0 Å². The zero-order valence-corrected chi connectivity index (χ0v) is 34.2. The standard InChI is InChI=1S/C41H63NO14/c1-10-20(3)34(46)55-33-31(45)30-24(18-42-17-19(2)11-12-28(42)38(30,9)49)25-16-39-32(40(25,33)50)26(53-23(6)44)15-27-36(39,7)14-13-29(41(27,51)56-39)54-35(47)37(8,48)21(4)52-22(5)43/h19-21,24-33,45,48-51H,10-18H2,1-9H3/t19-,20-,21-,24+,25-,26+,27-,28-,29+,30+,31+,32-,33-,36+,37-,38+,39+,40-,41-/m0/s1. The van der Waals surface area contributed by atoms with Crippen molar-refractivity contribution in [1.82, 2.24) is 4.90 Å². The van der Waals surface area contributed by atoms with Gasteiger partial charge in [-0.05, 0) is 83.5 Å². The van der Waals surface area contributed by atoms with Gasteiger partial charge in [-0.3, -0.25) is 19.3 Å². The van der Waals surface area contributed by atoms with E-state index in [1.165, 1.54) is 13.8 Å². The Balaban J connectivity index is 1.35. The summed E-state index contributed by atoms with van der Waals surface area (Å²) in [6, 6.07) is -0.275. The van der Waals surface area contributed by atoms with Crippen molar-refractivity contribution in [2.75, 3.05) is 13.1 Å².